The normalized spacial score (nSPS) is 23.0. The van der Waals surface area contributed by atoms with Gasteiger partial charge in [-0.15, -0.1) is 0 Å². The molecule has 1 aliphatic heterocycles. The van der Waals surface area contributed by atoms with Gasteiger partial charge in [0.1, 0.15) is 5.54 Å². The molecule has 0 aromatic heterocycles. The van der Waals surface area contributed by atoms with Gasteiger partial charge < -0.3 is 0 Å². The van der Waals surface area contributed by atoms with Crippen molar-refractivity contribution in [2.75, 3.05) is 13.1 Å². The largest absolute Gasteiger partial charge is 0.286 e. The molecular formula is C11H20N2. The van der Waals surface area contributed by atoms with Gasteiger partial charge in [-0.1, -0.05) is 13.8 Å². The number of hydrogen-bond donors (Lipinski definition) is 0. The monoisotopic (exact) mass is 180 g/mol. The Morgan fingerprint density at radius 3 is 2.31 bits per heavy atom. The van der Waals surface area contributed by atoms with E-state index < -0.39 is 0 Å². The zero-order chi connectivity index (χ0) is 9.90. The van der Waals surface area contributed by atoms with Crippen LogP contribution < -0.4 is 0 Å². The molecule has 0 aliphatic carbocycles. The SMILES string of the molecule is CC(C)CC(C)(C#N)N1CCCC1. The maximum absolute atomic E-state index is 9.20. The summed E-state index contributed by atoms with van der Waals surface area (Å²) in [7, 11) is 0. The highest BCUT2D eigenvalue weighted by atomic mass is 15.2. The molecule has 1 saturated heterocycles. The van der Waals surface area contributed by atoms with Gasteiger partial charge in [0.15, 0.2) is 0 Å². The average molecular weight is 180 g/mol. The van der Waals surface area contributed by atoms with Gasteiger partial charge in [-0.25, -0.2) is 0 Å². The van der Waals surface area contributed by atoms with Crippen molar-refractivity contribution >= 4 is 0 Å². The minimum Gasteiger partial charge on any atom is -0.286 e. The van der Waals surface area contributed by atoms with Crippen LogP contribution in [-0.2, 0) is 0 Å². The third-order valence-electron chi connectivity index (χ3n) is 2.85. The molecule has 1 aliphatic rings. The van der Waals surface area contributed by atoms with Crippen molar-refractivity contribution in [3.63, 3.8) is 0 Å². The maximum atomic E-state index is 9.20. The lowest BCUT2D eigenvalue weighted by Gasteiger charge is -2.33. The van der Waals surface area contributed by atoms with Crippen molar-refractivity contribution < 1.29 is 0 Å². The highest BCUT2D eigenvalue weighted by Gasteiger charge is 2.33. The molecule has 0 bridgehead atoms. The van der Waals surface area contributed by atoms with Crippen LogP contribution in [0.3, 0.4) is 0 Å². The Hall–Kier alpha value is -0.550. The van der Waals surface area contributed by atoms with Gasteiger partial charge in [-0.05, 0) is 45.2 Å². The molecule has 1 fully saturated rings. The molecule has 1 rings (SSSR count). The summed E-state index contributed by atoms with van der Waals surface area (Å²) in [6.07, 6.45) is 3.51. The average Bonchev–Trinajstić information content (AvgIpc) is 2.55. The van der Waals surface area contributed by atoms with Crippen LogP contribution in [0.2, 0.25) is 0 Å². The molecule has 0 spiro atoms. The first-order valence-corrected chi connectivity index (χ1v) is 5.25. The minimum atomic E-state index is -0.218. The summed E-state index contributed by atoms with van der Waals surface area (Å²) in [4.78, 5) is 2.34. The predicted octanol–water partition coefficient (Wildman–Crippen LogP) is 2.41. The van der Waals surface area contributed by atoms with E-state index >= 15 is 0 Å². The van der Waals surface area contributed by atoms with Gasteiger partial charge >= 0.3 is 0 Å². The van der Waals surface area contributed by atoms with E-state index in [0.717, 1.165) is 19.5 Å². The third kappa shape index (κ3) is 2.45. The smallest absolute Gasteiger partial charge is 0.106 e. The summed E-state index contributed by atoms with van der Waals surface area (Å²) in [5.41, 5.74) is -0.218. The summed E-state index contributed by atoms with van der Waals surface area (Å²) in [6.45, 7) is 8.67. The van der Waals surface area contributed by atoms with Crippen molar-refractivity contribution in [3.8, 4) is 6.07 Å². The Morgan fingerprint density at radius 2 is 1.92 bits per heavy atom. The Bertz CT molecular complexity index is 199. The lowest BCUT2D eigenvalue weighted by molar-refractivity contribution is 0.164. The lowest BCUT2D eigenvalue weighted by Crippen LogP contribution is -2.44. The topological polar surface area (TPSA) is 27.0 Å². The molecule has 13 heavy (non-hydrogen) atoms. The quantitative estimate of drug-likeness (QED) is 0.667. The molecule has 1 atom stereocenters. The van der Waals surface area contributed by atoms with Gasteiger partial charge in [-0.3, -0.25) is 4.90 Å². The zero-order valence-corrected chi connectivity index (χ0v) is 9.01. The summed E-state index contributed by atoms with van der Waals surface area (Å²) >= 11 is 0. The van der Waals surface area contributed by atoms with Crippen LogP contribution >= 0.6 is 0 Å². The third-order valence-corrected chi connectivity index (χ3v) is 2.85. The van der Waals surface area contributed by atoms with E-state index in [4.69, 9.17) is 0 Å². The molecule has 0 amide bonds. The van der Waals surface area contributed by atoms with E-state index in [-0.39, 0.29) is 5.54 Å². The number of nitrogens with zero attached hydrogens (tertiary/aromatic N) is 2. The number of rotatable bonds is 3. The molecule has 0 N–H and O–H groups in total. The van der Waals surface area contributed by atoms with Gasteiger partial charge in [0.05, 0.1) is 6.07 Å². The Balaban J connectivity index is 2.63. The number of hydrogen-bond acceptors (Lipinski definition) is 2. The molecule has 0 aromatic rings. The van der Waals surface area contributed by atoms with E-state index in [2.05, 4.69) is 31.7 Å². The van der Waals surface area contributed by atoms with E-state index in [9.17, 15) is 5.26 Å². The predicted molar refractivity (Wildman–Crippen MR) is 54.3 cm³/mol. The van der Waals surface area contributed by atoms with Crippen molar-refractivity contribution in [2.24, 2.45) is 5.92 Å². The van der Waals surface area contributed by atoms with Gasteiger partial charge in [0.25, 0.3) is 0 Å². The summed E-state index contributed by atoms with van der Waals surface area (Å²) < 4.78 is 0. The van der Waals surface area contributed by atoms with E-state index in [1.807, 2.05) is 0 Å². The van der Waals surface area contributed by atoms with Crippen LogP contribution in [0.15, 0.2) is 0 Å². The van der Waals surface area contributed by atoms with E-state index in [1.165, 1.54) is 12.8 Å². The van der Waals surface area contributed by atoms with Gasteiger partial charge in [0, 0.05) is 0 Å². The van der Waals surface area contributed by atoms with E-state index in [1.54, 1.807) is 0 Å². The number of likely N-dealkylation sites (tertiary alicyclic amines) is 1. The molecule has 0 aromatic carbocycles. The zero-order valence-electron chi connectivity index (χ0n) is 9.01. The van der Waals surface area contributed by atoms with Gasteiger partial charge in [-0.2, -0.15) is 5.26 Å². The van der Waals surface area contributed by atoms with E-state index in [0.29, 0.717) is 5.92 Å². The van der Waals surface area contributed by atoms with Crippen LogP contribution in [0.5, 0.6) is 0 Å². The first-order chi connectivity index (χ1) is 6.08. The van der Waals surface area contributed by atoms with Crippen LogP contribution in [0.4, 0.5) is 0 Å². The van der Waals surface area contributed by atoms with Crippen LogP contribution in [0, 0.1) is 17.2 Å². The summed E-state index contributed by atoms with van der Waals surface area (Å²) in [5, 5.41) is 9.20. The fraction of sp³-hybridized carbons (Fsp3) is 0.909. The highest BCUT2D eigenvalue weighted by Crippen LogP contribution is 2.26. The maximum Gasteiger partial charge on any atom is 0.106 e. The van der Waals surface area contributed by atoms with Crippen LogP contribution in [0.25, 0.3) is 0 Å². The molecule has 1 heterocycles. The Kier molecular flexibility index (Phi) is 3.33. The second-order valence-electron chi connectivity index (χ2n) is 4.68. The number of nitriles is 1. The Morgan fingerprint density at radius 1 is 1.38 bits per heavy atom. The highest BCUT2D eigenvalue weighted by molar-refractivity contribution is 5.06. The minimum absolute atomic E-state index is 0.218. The van der Waals surface area contributed by atoms with Crippen molar-refractivity contribution in [1.82, 2.24) is 4.90 Å². The fourth-order valence-electron chi connectivity index (χ4n) is 2.25. The molecule has 0 radical (unpaired) electrons. The molecule has 0 saturated carbocycles. The van der Waals surface area contributed by atoms with Crippen molar-refractivity contribution in [3.05, 3.63) is 0 Å². The second kappa shape index (κ2) is 4.11. The van der Waals surface area contributed by atoms with Gasteiger partial charge in [0.2, 0.25) is 0 Å². The molecular weight excluding hydrogens is 160 g/mol. The molecule has 74 valence electrons. The fourth-order valence-corrected chi connectivity index (χ4v) is 2.25. The first-order valence-electron chi connectivity index (χ1n) is 5.25. The summed E-state index contributed by atoms with van der Waals surface area (Å²) in [5.74, 6) is 0.602. The van der Waals surface area contributed by atoms with Crippen LogP contribution in [0.1, 0.15) is 40.0 Å². The first kappa shape index (κ1) is 10.5. The van der Waals surface area contributed by atoms with Crippen molar-refractivity contribution in [1.29, 1.82) is 5.26 Å². The summed E-state index contributed by atoms with van der Waals surface area (Å²) in [6, 6.07) is 2.48. The molecule has 2 nitrogen and oxygen atoms in total. The Labute approximate surface area is 81.5 Å². The van der Waals surface area contributed by atoms with Crippen LogP contribution in [-0.4, -0.2) is 23.5 Å². The molecule has 1 unspecified atom stereocenters. The lowest BCUT2D eigenvalue weighted by atomic mass is 9.91. The second-order valence-corrected chi connectivity index (χ2v) is 4.68. The standard InChI is InChI=1S/C11H20N2/c1-10(2)8-11(3,9-12)13-6-4-5-7-13/h10H,4-8H2,1-3H3. The molecule has 2 heteroatoms. The van der Waals surface area contributed by atoms with Crippen molar-refractivity contribution in [2.45, 2.75) is 45.6 Å².